The number of fused-ring (bicyclic) bond motifs is 2. The van der Waals surface area contributed by atoms with Gasteiger partial charge in [-0.1, -0.05) is 54.9 Å². The third kappa shape index (κ3) is 8.69. The van der Waals surface area contributed by atoms with Crippen LogP contribution in [0.3, 0.4) is 0 Å². The van der Waals surface area contributed by atoms with Gasteiger partial charge in [0, 0.05) is 31.0 Å². The zero-order valence-electron chi connectivity index (χ0n) is 32.7. The highest BCUT2D eigenvalue weighted by Gasteiger charge is 2.51. The summed E-state index contributed by atoms with van der Waals surface area (Å²) in [6.07, 6.45) is -2.30. The number of amidine groups is 1. The van der Waals surface area contributed by atoms with Crippen molar-refractivity contribution >= 4 is 51.3 Å². The summed E-state index contributed by atoms with van der Waals surface area (Å²) >= 11 is 4.82. The Balaban J connectivity index is 1.45. The summed E-state index contributed by atoms with van der Waals surface area (Å²) in [5.74, 6) is -8.36. The molecule has 1 aliphatic rings. The van der Waals surface area contributed by atoms with Crippen LogP contribution in [-0.4, -0.2) is 48.9 Å². The first-order valence-corrected chi connectivity index (χ1v) is 20.6. The summed E-state index contributed by atoms with van der Waals surface area (Å²) in [4.78, 5) is 33.9. The van der Waals surface area contributed by atoms with E-state index in [4.69, 9.17) is 22.3 Å². The monoisotopic (exact) mass is 882 g/mol. The molecule has 1 amide bonds. The first-order chi connectivity index (χ1) is 29.0. The molecule has 2 aromatic heterocycles. The lowest BCUT2D eigenvalue weighted by Crippen LogP contribution is -2.38. The third-order valence-electron chi connectivity index (χ3n) is 10.4. The maximum absolute atomic E-state index is 15.5. The number of nitrogens with one attached hydrogen (secondary N) is 2. The second-order valence-electron chi connectivity index (χ2n) is 14.6. The van der Waals surface area contributed by atoms with Crippen molar-refractivity contribution in [1.29, 1.82) is 0 Å². The number of amides is 1. The molecule has 4 N–H and O–H groups in total. The molecule has 4 aromatic carbocycles. The van der Waals surface area contributed by atoms with Gasteiger partial charge < -0.3 is 20.9 Å². The fourth-order valence-electron chi connectivity index (χ4n) is 7.69. The predicted molar refractivity (Wildman–Crippen MR) is 221 cm³/mol. The number of rotatable bonds is 13. The summed E-state index contributed by atoms with van der Waals surface area (Å²) in [7, 11) is 1.49. The number of halogens is 7. The fourth-order valence-corrected chi connectivity index (χ4v) is 8.32. The highest BCUT2D eigenvalue weighted by Crippen LogP contribution is 2.48. The molecule has 0 aliphatic heterocycles. The molecule has 7 rings (SSSR count). The Bertz CT molecular complexity index is 2730. The van der Waals surface area contributed by atoms with Crippen molar-refractivity contribution in [3.05, 3.63) is 151 Å². The largest absolute Gasteiger partial charge is 0.591 e. The minimum atomic E-state index is -3.60. The number of hydrogen-bond donors (Lipinski definition) is 3. The van der Waals surface area contributed by atoms with E-state index in [9.17, 15) is 31.7 Å². The van der Waals surface area contributed by atoms with Crippen LogP contribution in [-0.2, 0) is 47.9 Å². The summed E-state index contributed by atoms with van der Waals surface area (Å²) < 4.78 is 106. The molecule has 61 heavy (non-hydrogen) atoms. The Morgan fingerprint density at radius 2 is 1.75 bits per heavy atom. The lowest BCUT2D eigenvalue weighted by molar-refractivity contribution is -0.123. The molecule has 3 atom stereocenters. The molecule has 6 aromatic rings. The molecular weight excluding hydrogens is 846 g/mol. The zero-order valence-corrected chi connectivity index (χ0v) is 34.2. The number of aromatic nitrogens is 4. The quantitative estimate of drug-likeness (QED) is 0.0471. The molecule has 0 bridgehead atoms. The molecule has 0 spiro atoms. The molecule has 11 nitrogen and oxygen atoms in total. The number of nitrogens with zero attached hydrogens (tertiary/aromatic N) is 5. The smallest absolute Gasteiger partial charge is 0.292 e. The molecule has 2 heterocycles. The van der Waals surface area contributed by atoms with Crippen LogP contribution in [0.15, 0.2) is 88.1 Å². The SMILES string of the molecule is CNc1c(-n2c(C(Cc3cc(F)cc(F)c3)NC(=O)Cn3nc(C(F)F)c4c3C(F)(F)C(C)C4)nc3cc(Cc4ccccc4)ccc3c2=O)ccc(Cl)c1C(N)=N[S+](C)[O-]. The summed E-state index contributed by atoms with van der Waals surface area (Å²) in [6, 6.07) is 18.5. The lowest BCUT2D eigenvalue weighted by atomic mass is 10.0. The molecule has 0 fully saturated rings. The van der Waals surface area contributed by atoms with E-state index in [1.54, 1.807) is 18.2 Å². The number of hydrogen-bond acceptors (Lipinski definition) is 7. The molecule has 0 saturated heterocycles. The highest BCUT2D eigenvalue weighted by molar-refractivity contribution is 7.89. The van der Waals surface area contributed by atoms with E-state index >= 15 is 8.78 Å². The van der Waals surface area contributed by atoms with E-state index in [0.29, 0.717) is 17.2 Å². The molecule has 0 saturated carbocycles. The predicted octanol–water partition coefficient (Wildman–Crippen LogP) is 7.47. The van der Waals surface area contributed by atoms with Gasteiger partial charge in [-0.3, -0.25) is 18.8 Å². The van der Waals surface area contributed by atoms with Crippen LogP contribution in [0.5, 0.6) is 0 Å². The van der Waals surface area contributed by atoms with E-state index in [1.165, 1.54) is 32.4 Å². The number of anilines is 1. The van der Waals surface area contributed by atoms with E-state index in [2.05, 4.69) is 20.1 Å². The van der Waals surface area contributed by atoms with Crippen molar-refractivity contribution in [2.24, 2.45) is 16.0 Å². The number of nitrogens with two attached hydrogens (primary N) is 1. The first kappa shape index (κ1) is 43.2. The number of benzene rings is 4. The van der Waals surface area contributed by atoms with Crippen LogP contribution in [0.4, 0.5) is 32.0 Å². The Labute approximate surface area is 353 Å². The molecule has 1 aliphatic carbocycles. The maximum Gasteiger partial charge on any atom is 0.292 e. The van der Waals surface area contributed by atoms with Crippen LogP contribution < -0.4 is 21.9 Å². The standard InChI is InChI=1S/C42H37ClF6N8O3S/c1-21-13-28-35(38(46)47)54-56(37(28)42(21,48)49)20-33(58)52-31(18-24-15-25(44)19-26(45)16-24)40-53-30-17-23(14-22-7-5-4-6-8-22)9-10-27(30)41(59)57(40)32-12-11-29(43)34(36(32)51-2)39(50)55-61(3)60/h4-12,15-17,19,21,31,38,51H,13-14,18,20H2,1-3H3,(H2,50,55)(H,52,58). The maximum atomic E-state index is 15.5. The van der Waals surface area contributed by atoms with Gasteiger partial charge >= 0.3 is 0 Å². The molecule has 3 unspecified atom stereocenters. The van der Waals surface area contributed by atoms with Crippen molar-refractivity contribution < 1.29 is 35.7 Å². The normalized spacial score (nSPS) is 15.9. The van der Waals surface area contributed by atoms with Gasteiger partial charge in [-0.05, 0) is 70.3 Å². The Hall–Kier alpha value is -5.85. The molecule has 318 valence electrons. The minimum absolute atomic E-state index is 0.00529. The van der Waals surface area contributed by atoms with Crippen LogP contribution >= 0.6 is 11.6 Å². The topological polar surface area (TPSA) is 155 Å². The molecule has 19 heteroatoms. The van der Waals surface area contributed by atoms with Crippen molar-refractivity contribution in [3.8, 4) is 5.69 Å². The average molecular weight is 883 g/mol. The zero-order chi connectivity index (χ0) is 43.9. The van der Waals surface area contributed by atoms with Crippen LogP contribution in [0.2, 0.25) is 5.02 Å². The lowest BCUT2D eigenvalue weighted by Gasteiger charge is -2.25. The van der Waals surface area contributed by atoms with Crippen LogP contribution in [0.1, 0.15) is 64.4 Å². The Morgan fingerprint density at radius 1 is 1.05 bits per heavy atom. The number of carbonyl (C=O) groups is 1. The summed E-state index contributed by atoms with van der Waals surface area (Å²) in [5, 5.41) is 9.51. The van der Waals surface area contributed by atoms with Gasteiger partial charge in [-0.25, -0.2) is 22.5 Å². The third-order valence-corrected chi connectivity index (χ3v) is 11.1. The first-order valence-electron chi connectivity index (χ1n) is 18.7. The van der Waals surface area contributed by atoms with Crippen LogP contribution in [0.25, 0.3) is 16.6 Å². The summed E-state index contributed by atoms with van der Waals surface area (Å²) in [6.45, 7) is 0.227. The van der Waals surface area contributed by atoms with E-state index in [0.717, 1.165) is 27.8 Å². The second-order valence-corrected chi connectivity index (χ2v) is 16.0. The van der Waals surface area contributed by atoms with E-state index in [-0.39, 0.29) is 55.7 Å². The van der Waals surface area contributed by atoms with Crippen molar-refractivity contribution in [3.63, 3.8) is 0 Å². The Morgan fingerprint density at radius 3 is 2.41 bits per heavy atom. The summed E-state index contributed by atoms with van der Waals surface area (Å²) in [5.41, 5.74) is 5.62. The molecular formula is C42H37ClF6N8O3S. The van der Waals surface area contributed by atoms with Gasteiger partial charge in [0.2, 0.25) is 5.91 Å². The number of alkyl halides is 4. The number of carbonyl (C=O) groups excluding carboxylic acids is 1. The highest BCUT2D eigenvalue weighted by atomic mass is 35.5. The second kappa shape index (κ2) is 17.3. The van der Waals surface area contributed by atoms with Crippen LogP contribution in [0, 0.1) is 17.6 Å². The average Bonchev–Trinajstić information content (AvgIpc) is 3.66. The minimum Gasteiger partial charge on any atom is -0.591 e. The van der Waals surface area contributed by atoms with Gasteiger partial charge in [-0.15, -0.1) is 0 Å². The van der Waals surface area contributed by atoms with E-state index in [1.807, 2.05) is 30.3 Å². The van der Waals surface area contributed by atoms with Crippen molar-refractivity contribution in [2.75, 3.05) is 18.6 Å². The van der Waals surface area contributed by atoms with Gasteiger partial charge in [-0.2, -0.15) is 13.9 Å². The van der Waals surface area contributed by atoms with Gasteiger partial charge in [0.05, 0.1) is 50.3 Å². The van der Waals surface area contributed by atoms with Crippen molar-refractivity contribution in [2.45, 2.75) is 51.1 Å². The van der Waals surface area contributed by atoms with Crippen molar-refractivity contribution in [1.82, 2.24) is 24.6 Å². The molecule has 0 radical (unpaired) electrons. The van der Waals surface area contributed by atoms with E-state index < -0.39 is 89.5 Å². The van der Waals surface area contributed by atoms with Gasteiger partial charge in [0.15, 0.2) is 5.84 Å². The Kier molecular flexibility index (Phi) is 12.2. The van der Waals surface area contributed by atoms with Gasteiger partial charge in [0.1, 0.15) is 41.6 Å². The van der Waals surface area contributed by atoms with Gasteiger partial charge in [0.25, 0.3) is 17.9 Å². The fraction of sp³-hybridized carbons (Fsp3) is 0.262.